The third kappa shape index (κ3) is 8.11. The number of nitriles is 1. The first kappa shape index (κ1) is 35.2. The van der Waals surface area contributed by atoms with Gasteiger partial charge in [-0.1, -0.05) is 77.2 Å². The average Bonchev–Trinajstić information content (AvgIpc) is 3.34. The zero-order valence-corrected chi connectivity index (χ0v) is 28.5. The number of hydrogen-bond acceptors (Lipinski definition) is 4. The Balaban J connectivity index is 0.000000348. The summed E-state index contributed by atoms with van der Waals surface area (Å²) in [5.41, 5.74) is 1.80. The smallest absolute Gasteiger partial charge is 0.512 e. The van der Waals surface area contributed by atoms with Gasteiger partial charge in [0.25, 0.3) is 0 Å². The van der Waals surface area contributed by atoms with Gasteiger partial charge in [0.1, 0.15) is 5.78 Å². The third-order valence-corrected chi connectivity index (χ3v) is 10.1. The molecule has 0 amide bonds. The van der Waals surface area contributed by atoms with Gasteiger partial charge < -0.3 is 16.6 Å². The summed E-state index contributed by atoms with van der Waals surface area (Å²) >= 11 is 15.2. The van der Waals surface area contributed by atoms with Gasteiger partial charge in [0.05, 0.1) is 21.2 Å². The van der Waals surface area contributed by atoms with Crippen LogP contribution >= 0.6 is 39.1 Å². The second-order valence-electron chi connectivity index (χ2n) is 10.9. The third-order valence-electron chi connectivity index (χ3n) is 8.40. The number of halogens is 4. The first-order valence-electron chi connectivity index (χ1n) is 13.5. The van der Waals surface area contributed by atoms with E-state index in [0.717, 1.165) is 60.5 Å². The molecule has 2 aromatic carbocycles. The molecule has 0 bridgehead atoms. The second kappa shape index (κ2) is 16.6. The van der Waals surface area contributed by atoms with Gasteiger partial charge >= 0.3 is 29.6 Å². The van der Waals surface area contributed by atoms with Crippen molar-refractivity contribution in [3.63, 3.8) is 0 Å². The Morgan fingerprint density at radius 3 is 1.95 bits per heavy atom. The molecular formula is C31H35BrCl2FN2NaO2. The van der Waals surface area contributed by atoms with Crippen molar-refractivity contribution < 1.29 is 44.8 Å². The molecule has 0 radical (unpaired) electrons. The summed E-state index contributed by atoms with van der Waals surface area (Å²) in [6.45, 7) is 9.73. The molecule has 2 aliphatic carbocycles. The quantitative estimate of drug-likeness (QED) is 0.240. The maximum Gasteiger partial charge on any atom is 1.00 e. The Kier molecular flexibility index (Phi) is 14.6. The van der Waals surface area contributed by atoms with Gasteiger partial charge in [0.15, 0.2) is 5.60 Å². The van der Waals surface area contributed by atoms with Gasteiger partial charge in [-0.15, -0.1) is 0 Å². The SMILES string of the molecule is CC1(CBr)CCC(Cc2ccc(Cl)cc2)C1=O.C[C@@]12CCC(Cc3ccc(Cl)cc3)[C@]1(C#N)OC2.[2H]CF.[C-]#N.[Na+]. The minimum Gasteiger partial charge on any atom is -0.512 e. The number of ether oxygens (including phenoxy) is 1. The number of hydrogen-bond donors (Lipinski definition) is 0. The Morgan fingerprint density at radius 2 is 1.55 bits per heavy atom. The zero-order chi connectivity index (χ0) is 30.0. The topological polar surface area (TPSA) is 73.9 Å². The fraction of sp³-hybridized carbons (Fsp3) is 0.516. The predicted molar refractivity (Wildman–Crippen MR) is 157 cm³/mol. The molecule has 1 aliphatic heterocycles. The van der Waals surface area contributed by atoms with Crippen LogP contribution in [0, 0.1) is 45.8 Å². The van der Waals surface area contributed by atoms with Gasteiger partial charge in [-0.25, -0.2) is 0 Å². The summed E-state index contributed by atoms with van der Waals surface area (Å²) in [6, 6.07) is 18.2. The van der Waals surface area contributed by atoms with Crippen LogP contribution in [0.3, 0.4) is 0 Å². The van der Waals surface area contributed by atoms with E-state index in [0.29, 0.717) is 11.7 Å². The summed E-state index contributed by atoms with van der Waals surface area (Å²) < 4.78 is 21.2. The summed E-state index contributed by atoms with van der Waals surface area (Å²) in [7, 11) is -1.00. The van der Waals surface area contributed by atoms with Crippen molar-refractivity contribution in [3.05, 3.63) is 76.3 Å². The van der Waals surface area contributed by atoms with E-state index < -0.39 is 12.8 Å². The van der Waals surface area contributed by atoms with E-state index >= 15 is 0 Å². The van der Waals surface area contributed by atoms with E-state index in [-0.39, 0.29) is 46.3 Å². The van der Waals surface area contributed by atoms with Crippen molar-refractivity contribution in [1.29, 1.82) is 10.5 Å². The van der Waals surface area contributed by atoms with E-state index in [2.05, 4.69) is 35.8 Å². The van der Waals surface area contributed by atoms with Crippen LogP contribution in [0.1, 0.15) is 52.0 Å². The first-order valence-corrected chi connectivity index (χ1v) is 14.7. The molecule has 2 aromatic rings. The Morgan fingerprint density at radius 1 is 1.05 bits per heavy atom. The fourth-order valence-corrected chi connectivity index (χ4v) is 6.73. The summed E-state index contributed by atoms with van der Waals surface area (Å²) in [5, 5.41) is 18.0. The van der Waals surface area contributed by atoms with Gasteiger partial charge in [0, 0.05) is 38.0 Å². The van der Waals surface area contributed by atoms with Crippen molar-refractivity contribution in [2.75, 3.05) is 19.1 Å². The number of carbonyl (C=O) groups is 1. The van der Waals surface area contributed by atoms with Crippen LogP contribution in [-0.4, -0.2) is 30.5 Å². The zero-order valence-electron chi connectivity index (χ0n) is 24.4. The Labute approximate surface area is 280 Å². The van der Waals surface area contributed by atoms with Gasteiger partial charge in [0.2, 0.25) is 0 Å². The van der Waals surface area contributed by atoms with Crippen molar-refractivity contribution in [2.45, 2.75) is 58.0 Å². The molecule has 0 spiro atoms. The molecule has 3 aliphatic rings. The largest absolute Gasteiger partial charge is 1.00 e. The van der Waals surface area contributed by atoms with Gasteiger partial charge in [-0.2, -0.15) is 5.26 Å². The number of rotatable bonds is 5. The number of nitrogens with zero attached hydrogens (tertiary/aromatic N) is 2. The first-order chi connectivity index (χ1) is 19.1. The maximum absolute atomic E-state index is 12.3. The van der Waals surface area contributed by atoms with Crippen LogP contribution in [0.4, 0.5) is 4.39 Å². The maximum atomic E-state index is 12.3. The molecule has 1 heterocycles. The minimum absolute atomic E-state index is 0. The summed E-state index contributed by atoms with van der Waals surface area (Å²) in [5.74, 6) is 0.894. The van der Waals surface area contributed by atoms with Crippen LogP contribution in [0.25, 0.3) is 0 Å². The molecule has 3 unspecified atom stereocenters. The van der Waals surface area contributed by atoms with E-state index in [1.807, 2.05) is 48.5 Å². The minimum atomic E-state index is -1.00. The van der Waals surface area contributed by atoms with E-state index in [1.165, 1.54) is 11.1 Å². The van der Waals surface area contributed by atoms with E-state index in [9.17, 15) is 14.4 Å². The molecule has 0 aromatic heterocycles. The number of benzene rings is 2. The van der Waals surface area contributed by atoms with Crippen LogP contribution in [-0.2, 0) is 22.4 Å². The molecule has 9 heteroatoms. The number of ketones is 1. The Hall–Kier alpha value is -0.960. The molecule has 210 valence electrons. The fourth-order valence-electron chi connectivity index (χ4n) is 5.92. The molecular weight excluding hydrogens is 625 g/mol. The van der Waals surface area contributed by atoms with Gasteiger partial charge in [-0.3, -0.25) is 9.18 Å². The van der Waals surface area contributed by atoms with E-state index in [4.69, 9.17) is 41.1 Å². The Bertz CT molecular complexity index is 1180. The average molecular weight is 661 g/mol. The van der Waals surface area contributed by atoms with Crippen molar-refractivity contribution in [1.82, 2.24) is 0 Å². The molecule has 5 rings (SSSR count). The second-order valence-corrected chi connectivity index (χ2v) is 12.3. The monoisotopic (exact) mass is 659 g/mol. The molecule has 1 saturated heterocycles. The number of Topliss-reactive ketones (excluding diaryl/α,β-unsaturated/α-hetero) is 1. The molecule has 5 atom stereocenters. The van der Waals surface area contributed by atoms with Crippen LogP contribution in [0.15, 0.2) is 48.5 Å². The number of carbonyl (C=O) groups excluding carboxylic acids is 1. The molecule has 3 fully saturated rings. The molecule has 2 saturated carbocycles. The van der Waals surface area contributed by atoms with Crippen LogP contribution in [0.2, 0.25) is 10.0 Å². The summed E-state index contributed by atoms with van der Waals surface area (Å²) in [4.78, 5) is 12.3. The van der Waals surface area contributed by atoms with Crippen molar-refractivity contribution >= 4 is 44.9 Å². The van der Waals surface area contributed by atoms with Crippen LogP contribution in [0.5, 0.6) is 0 Å². The van der Waals surface area contributed by atoms with Gasteiger partial charge in [-0.05, 0) is 73.9 Å². The predicted octanol–water partition coefficient (Wildman–Crippen LogP) is 5.54. The standard InChI is InChI=1S/C15H16ClNO.C14H16BrClO.CH3F.CN.Na/c1-14-7-6-12(15(14,9-17)18-10-14)8-11-2-4-13(16)5-3-11;1-14(9-15)7-6-11(13(14)17)8-10-2-4-12(16)5-3-10;2*1-2;/h2-5,12H,6-8,10H2,1H3;2-5,11H,6-9H2,1H3;1H3;;/q;;;-1;+1/t12?,14-,15-;;;;/m0..../s1/i;;1D;;. The van der Waals surface area contributed by atoms with E-state index in [1.54, 1.807) is 0 Å². The van der Waals surface area contributed by atoms with Crippen LogP contribution < -0.4 is 29.6 Å². The number of alkyl halides is 2. The van der Waals surface area contributed by atoms with Crippen molar-refractivity contribution in [2.24, 2.45) is 22.7 Å². The summed E-state index contributed by atoms with van der Waals surface area (Å²) in [6.07, 6.45) is 5.92. The molecule has 40 heavy (non-hydrogen) atoms. The molecule has 0 N–H and O–H groups in total. The number of fused-ring (bicyclic) bond motifs is 1. The van der Waals surface area contributed by atoms with Crippen molar-refractivity contribution in [3.8, 4) is 6.07 Å². The normalized spacial score (nSPS) is 29.7. The molecule has 4 nitrogen and oxygen atoms in total.